The number of halogens is 1. The summed E-state index contributed by atoms with van der Waals surface area (Å²) in [6, 6.07) is 0. The van der Waals surface area contributed by atoms with Crippen molar-refractivity contribution in [3.8, 4) is 0 Å². The quantitative estimate of drug-likeness (QED) is 0.504. The molecule has 1 aliphatic heterocycles. The number of alkyl halides is 1. The Hall–Kier alpha value is -0.300. The highest BCUT2D eigenvalue weighted by Crippen LogP contribution is 2.02. The average Bonchev–Trinajstić information content (AvgIpc) is 2.25. The van der Waals surface area contributed by atoms with Gasteiger partial charge >= 0.3 is 0 Å². The highest BCUT2D eigenvalue weighted by Gasteiger charge is 2.16. The molecule has 0 saturated carbocycles. The summed E-state index contributed by atoms with van der Waals surface area (Å²) in [7, 11) is 0. The predicted molar refractivity (Wildman–Crippen MR) is 59.7 cm³/mol. The highest BCUT2D eigenvalue weighted by atomic mass is 35.5. The molecule has 1 saturated heterocycles. The molecule has 1 rings (SSSR count). The van der Waals surface area contributed by atoms with Gasteiger partial charge in [0, 0.05) is 32.1 Å². The van der Waals surface area contributed by atoms with Gasteiger partial charge in [0.2, 0.25) is 6.54 Å². The Labute approximate surface area is 91.4 Å². The zero-order valence-corrected chi connectivity index (χ0v) is 9.34. The molecule has 14 heavy (non-hydrogen) atoms. The zero-order valence-electron chi connectivity index (χ0n) is 8.58. The van der Waals surface area contributed by atoms with E-state index in [9.17, 15) is 0 Å². The minimum atomic E-state index is 0.641. The lowest BCUT2D eigenvalue weighted by molar-refractivity contribution is 0.137. The van der Waals surface area contributed by atoms with E-state index in [1.807, 2.05) is 0 Å². The van der Waals surface area contributed by atoms with Crippen LogP contribution in [0, 0.1) is 6.57 Å². The zero-order chi connectivity index (χ0) is 10.2. The van der Waals surface area contributed by atoms with E-state index < -0.39 is 0 Å². The van der Waals surface area contributed by atoms with Crippen LogP contribution in [0.1, 0.15) is 6.42 Å². The molecule has 0 aromatic rings. The van der Waals surface area contributed by atoms with Crippen molar-refractivity contribution in [3.05, 3.63) is 11.4 Å². The van der Waals surface area contributed by atoms with E-state index in [2.05, 4.69) is 14.6 Å². The van der Waals surface area contributed by atoms with Crippen LogP contribution in [0.25, 0.3) is 4.85 Å². The third kappa shape index (κ3) is 4.28. The van der Waals surface area contributed by atoms with Crippen LogP contribution in [-0.4, -0.2) is 61.5 Å². The maximum Gasteiger partial charge on any atom is 0.227 e. The average molecular weight is 216 g/mol. The van der Waals surface area contributed by atoms with Crippen LogP contribution in [-0.2, 0) is 0 Å². The fraction of sp³-hybridized carbons (Fsp3) is 0.900. The second-order valence-electron chi connectivity index (χ2n) is 3.61. The Morgan fingerprint density at radius 3 is 2.14 bits per heavy atom. The summed E-state index contributed by atoms with van der Waals surface area (Å²) in [6.07, 6.45) is 1.09. The molecule has 0 spiro atoms. The lowest BCUT2D eigenvalue weighted by atomic mass is 10.3. The standard InChI is InChI=1S/C10H18ClN3/c1-12-4-6-14-9-7-13(8-10-14)5-2-3-11/h2-10H2. The Morgan fingerprint density at radius 1 is 1.07 bits per heavy atom. The van der Waals surface area contributed by atoms with E-state index in [1.54, 1.807) is 0 Å². The first-order chi connectivity index (χ1) is 6.86. The van der Waals surface area contributed by atoms with Gasteiger partial charge < -0.3 is 9.74 Å². The number of nitrogens with zero attached hydrogens (tertiary/aromatic N) is 3. The fourth-order valence-electron chi connectivity index (χ4n) is 1.71. The van der Waals surface area contributed by atoms with Crippen molar-refractivity contribution < 1.29 is 0 Å². The second-order valence-corrected chi connectivity index (χ2v) is 3.99. The van der Waals surface area contributed by atoms with E-state index in [0.29, 0.717) is 6.54 Å². The van der Waals surface area contributed by atoms with Gasteiger partial charge in [-0.3, -0.25) is 4.90 Å². The van der Waals surface area contributed by atoms with E-state index in [4.69, 9.17) is 18.2 Å². The van der Waals surface area contributed by atoms with Crippen molar-refractivity contribution in [2.75, 3.05) is 51.7 Å². The van der Waals surface area contributed by atoms with Gasteiger partial charge in [-0.1, -0.05) is 0 Å². The topological polar surface area (TPSA) is 10.8 Å². The molecule has 0 N–H and O–H groups in total. The molecule has 0 unspecified atom stereocenters. The highest BCUT2D eigenvalue weighted by molar-refractivity contribution is 6.17. The smallest absolute Gasteiger partial charge is 0.227 e. The molecule has 0 bridgehead atoms. The van der Waals surface area contributed by atoms with Crippen LogP contribution < -0.4 is 0 Å². The normalized spacial score (nSPS) is 19.4. The largest absolute Gasteiger partial charge is 0.316 e. The van der Waals surface area contributed by atoms with Crippen LogP contribution >= 0.6 is 11.6 Å². The van der Waals surface area contributed by atoms with Crippen molar-refractivity contribution >= 4 is 11.6 Å². The molecular weight excluding hydrogens is 198 g/mol. The van der Waals surface area contributed by atoms with Gasteiger partial charge in [0.15, 0.2) is 0 Å². The van der Waals surface area contributed by atoms with Gasteiger partial charge in [-0.05, 0) is 13.0 Å². The van der Waals surface area contributed by atoms with E-state index in [-0.39, 0.29) is 0 Å². The number of hydrogen-bond acceptors (Lipinski definition) is 2. The maximum absolute atomic E-state index is 6.73. The van der Waals surface area contributed by atoms with Gasteiger partial charge in [0.1, 0.15) is 0 Å². The number of piperazine rings is 1. The van der Waals surface area contributed by atoms with Crippen molar-refractivity contribution in [3.63, 3.8) is 0 Å². The van der Waals surface area contributed by atoms with Gasteiger partial charge in [-0.25, -0.2) is 6.57 Å². The summed E-state index contributed by atoms with van der Waals surface area (Å²) in [4.78, 5) is 8.20. The number of rotatable bonds is 5. The maximum atomic E-state index is 6.73. The molecule has 1 aliphatic rings. The number of hydrogen-bond donors (Lipinski definition) is 0. The molecule has 1 heterocycles. The summed E-state index contributed by atoms with van der Waals surface area (Å²) < 4.78 is 0. The van der Waals surface area contributed by atoms with E-state index in [1.165, 1.54) is 0 Å². The van der Waals surface area contributed by atoms with Gasteiger partial charge in [-0.2, -0.15) is 0 Å². The minimum Gasteiger partial charge on any atom is -0.316 e. The second kappa shape index (κ2) is 7.05. The van der Waals surface area contributed by atoms with E-state index in [0.717, 1.165) is 51.6 Å². The molecule has 0 radical (unpaired) electrons. The molecular formula is C10H18ClN3. The molecule has 3 nitrogen and oxygen atoms in total. The van der Waals surface area contributed by atoms with Crippen LogP contribution in [0.5, 0.6) is 0 Å². The van der Waals surface area contributed by atoms with Crippen LogP contribution in [0.15, 0.2) is 0 Å². The Morgan fingerprint density at radius 2 is 1.64 bits per heavy atom. The van der Waals surface area contributed by atoms with Crippen LogP contribution in [0.4, 0.5) is 0 Å². The van der Waals surface area contributed by atoms with Gasteiger partial charge in [0.25, 0.3) is 0 Å². The summed E-state index contributed by atoms with van der Waals surface area (Å²) in [5.41, 5.74) is 0. The Balaban J connectivity index is 2.09. The molecule has 0 aliphatic carbocycles. The predicted octanol–water partition coefficient (Wildman–Crippen LogP) is 1.15. The monoisotopic (exact) mass is 215 g/mol. The van der Waals surface area contributed by atoms with E-state index >= 15 is 0 Å². The van der Waals surface area contributed by atoms with Gasteiger partial charge in [-0.15, -0.1) is 11.6 Å². The van der Waals surface area contributed by atoms with Crippen molar-refractivity contribution in [1.29, 1.82) is 0 Å². The molecule has 0 aromatic carbocycles. The van der Waals surface area contributed by atoms with Crippen molar-refractivity contribution in [2.45, 2.75) is 6.42 Å². The first-order valence-corrected chi connectivity index (χ1v) is 5.74. The van der Waals surface area contributed by atoms with Gasteiger partial charge in [0.05, 0.1) is 6.54 Å². The molecule has 80 valence electrons. The lowest BCUT2D eigenvalue weighted by Gasteiger charge is -2.33. The molecule has 0 amide bonds. The van der Waals surface area contributed by atoms with Crippen molar-refractivity contribution in [2.24, 2.45) is 0 Å². The lowest BCUT2D eigenvalue weighted by Crippen LogP contribution is -2.47. The summed E-state index contributed by atoms with van der Waals surface area (Å²) in [6.45, 7) is 13.9. The molecule has 1 fully saturated rings. The first kappa shape index (κ1) is 11.8. The third-order valence-corrected chi connectivity index (χ3v) is 2.87. The van der Waals surface area contributed by atoms with Crippen LogP contribution in [0.2, 0.25) is 0 Å². The SMILES string of the molecule is [C-]#[N+]CCN1CCN(CCCCl)CC1. The molecule has 0 aromatic heterocycles. The van der Waals surface area contributed by atoms with Crippen molar-refractivity contribution in [1.82, 2.24) is 9.80 Å². The van der Waals surface area contributed by atoms with Crippen LogP contribution in [0.3, 0.4) is 0 Å². The Bertz CT molecular complexity index is 182. The Kier molecular flexibility index (Phi) is 5.93. The fourth-order valence-corrected chi connectivity index (χ4v) is 1.83. The summed E-state index contributed by atoms with van der Waals surface area (Å²) >= 11 is 5.65. The first-order valence-electron chi connectivity index (χ1n) is 5.20. The third-order valence-electron chi connectivity index (χ3n) is 2.60. The summed E-state index contributed by atoms with van der Waals surface area (Å²) in [5.74, 6) is 0.762. The minimum absolute atomic E-state index is 0.641. The summed E-state index contributed by atoms with van der Waals surface area (Å²) in [5, 5.41) is 0. The molecule has 4 heteroatoms. The molecule has 0 atom stereocenters.